The molecule has 1 aromatic rings. The van der Waals surface area contributed by atoms with Crippen LogP contribution in [0.15, 0.2) is 23.1 Å². The Hall–Kier alpha value is -1.93. The number of anilines is 1. The van der Waals surface area contributed by atoms with E-state index in [2.05, 4.69) is 5.32 Å². The third-order valence-electron chi connectivity index (χ3n) is 6.00. The topological polar surface area (TPSA) is 86.8 Å². The Balaban J connectivity index is 1.80. The standard InChI is InChI=1S/C21H31N3O4S/c1-5-14(2)22-21(26)17-7-6-10-23(13-17)29(27,28)19-8-9-20-18(12-19)11-15(3)24(20)16(4)25/h8-9,12,14-15,17H,5-7,10-11,13H2,1-4H3,(H,22,26)/t14-,15+,17-/m0/s1. The van der Waals surface area contributed by atoms with Crippen LogP contribution < -0.4 is 10.2 Å². The molecule has 160 valence electrons. The number of hydrogen-bond acceptors (Lipinski definition) is 4. The van der Waals surface area contributed by atoms with Crippen LogP contribution in [0.2, 0.25) is 0 Å². The Morgan fingerprint density at radius 3 is 2.69 bits per heavy atom. The van der Waals surface area contributed by atoms with Crippen LogP contribution in [0.1, 0.15) is 52.5 Å². The van der Waals surface area contributed by atoms with Gasteiger partial charge in [-0.25, -0.2) is 8.42 Å². The molecule has 0 saturated carbocycles. The minimum Gasteiger partial charge on any atom is -0.353 e. The summed E-state index contributed by atoms with van der Waals surface area (Å²) in [4.78, 5) is 26.3. The maximum atomic E-state index is 13.2. The van der Waals surface area contributed by atoms with Crippen LogP contribution in [0.25, 0.3) is 0 Å². The molecule has 1 fully saturated rings. The van der Waals surface area contributed by atoms with Crippen LogP contribution in [0.4, 0.5) is 5.69 Å². The monoisotopic (exact) mass is 421 g/mol. The van der Waals surface area contributed by atoms with Gasteiger partial charge in [0.1, 0.15) is 0 Å². The first kappa shape index (κ1) is 21.8. The molecule has 1 saturated heterocycles. The maximum absolute atomic E-state index is 13.2. The number of amides is 2. The second kappa shape index (κ2) is 8.44. The first-order chi connectivity index (χ1) is 13.6. The average Bonchev–Trinajstić information content (AvgIpc) is 3.02. The predicted octanol–water partition coefficient (Wildman–Crippen LogP) is 2.30. The van der Waals surface area contributed by atoms with Gasteiger partial charge in [-0.2, -0.15) is 4.31 Å². The highest BCUT2D eigenvalue weighted by Crippen LogP contribution is 2.35. The summed E-state index contributed by atoms with van der Waals surface area (Å²) >= 11 is 0. The van der Waals surface area contributed by atoms with Crippen LogP contribution in [-0.4, -0.2) is 49.7 Å². The molecule has 0 unspecified atom stereocenters. The van der Waals surface area contributed by atoms with Gasteiger partial charge in [0, 0.05) is 37.8 Å². The molecule has 0 radical (unpaired) electrons. The molecule has 2 aliphatic heterocycles. The molecular formula is C21H31N3O4S. The summed E-state index contributed by atoms with van der Waals surface area (Å²) in [5, 5.41) is 2.97. The van der Waals surface area contributed by atoms with E-state index in [4.69, 9.17) is 0 Å². The maximum Gasteiger partial charge on any atom is 0.243 e. The number of rotatable bonds is 5. The van der Waals surface area contributed by atoms with Crippen molar-refractivity contribution in [2.75, 3.05) is 18.0 Å². The molecule has 7 nitrogen and oxygen atoms in total. The molecule has 29 heavy (non-hydrogen) atoms. The number of fused-ring (bicyclic) bond motifs is 1. The lowest BCUT2D eigenvalue weighted by Crippen LogP contribution is -2.47. The van der Waals surface area contributed by atoms with Crippen molar-refractivity contribution < 1.29 is 18.0 Å². The van der Waals surface area contributed by atoms with Crippen molar-refractivity contribution in [3.63, 3.8) is 0 Å². The molecule has 0 aliphatic carbocycles. The van der Waals surface area contributed by atoms with Crippen LogP contribution >= 0.6 is 0 Å². The van der Waals surface area contributed by atoms with Crippen molar-refractivity contribution in [1.82, 2.24) is 9.62 Å². The Labute approximate surface area is 173 Å². The van der Waals surface area contributed by atoms with E-state index < -0.39 is 10.0 Å². The minimum atomic E-state index is -3.69. The van der Waals surface area contributed by atoms with E-state index in [1.165, 1.54) is 11.2 Å². The van der Waals surface area contributed by atoms with Gasteiger partial charge in [-0.15, -0.1) is 0 Å². The van der Waals surface area contributed by atoms with Crippen LogP contribution in [0.5, 0.6) is 0 Å². The van der Waals surface area contributed by atoms with Gasteiger partial charge in [0.2, 0.25) is 21.8 Å². The predicted molar refractivity (Wildman–Crippen MR) is 112 cm³/mol. The zero-order valence-electron chi connectivity index (χ0n) is 17.6. The lowest BCUT2D eigenvalue weighted by Gasteiger charge is -2.32. The average molecular weight is 422 g/mol. The molecule has 8 heteroatoms. The number of carbonyl (C=O) groups is 2. The van der Waals surface area contributed by atoms with E-state index in [1.54, 1.807) is 23.1 Å². The molecule has 3 rings (SSSR count). The van der Waals surface area contributed by atoms with E-state index in [1.807, 2.05) is 20.8 Å². The quantitative estimate of drug-likeness (QED) is 0.790. The summed E-state index contributed by atoms with van der Waals surface area (Å²) in [5.74, 6) is -0.438. The largest absolute Gasteiger partial charge is 0.353 e. The van der Waals surface area contributed by atoms with E-state index >= 15 is 0 Å². The molecule has 2 heterocycles. The Bertz CT molecular complexity index is 899. The van der Waals surface area contributed by atoms with Crippen molar-refractivity contribution in [2.45, 2.75) is 70.4 Å². The van der Waals surface area contributed by atoms with Gasteiger partial charge in [-0.1, -0.05) is 6.92 Å². The Morgan fingerprint density at radius 1 is 1.31 bits per heavy atom. The van der Waals surface area contributed by atoms with Gasteiger partial charge in [0.25, 0.3) is 0 Å². The highest BCUT2D eigenvalue weighted by Gasteiger charge is 2.35. The normalized spacial score (nSPS) is 23.5. The Kier molecular flexibility index (Phi) is 6.33. The number of nitrogens with one attached hydrogen (secondary N) is 1. The molecule has 1 aromatic carbocycles. The first-order valence-corrected chi connectivity index (χ1v) is 11.8. The summed E-state index contributed by atoms with van der Waals surface area (Å²) in [6.45, 7) is 8.06. The molecule has 2 aliphatic rings. The highest BCUT2D eigenvalue weighted by atomic mass is 32.2. The van der Waals surface area contributed by atoms with Crippen molar-refractivity contribution in [3.05, 3.63) is 23.8 Å². The lowest BCUT2D eigenvalue weighted by molar-refractivity contribution is -0.126. The van der Waals surface area contributed by atoms with Gasteiger partial charge in [-0.05, 0) is 63.3 Å². The number of piperidine rings is 1. The first-order valence-electron chi connectivity index (χ1n) is 10.4. The van der Waals surface area contributed by atoms with Gasteiger partial charge < -0.3 is 10.2 Å². The number of benzene rings is 1. The zero-order chi connectivity index (χ0) is 21.3. The second-order valence-electron chi connectivity index (χ2n) is 8.25. The fourth-order valence-electron chi connectivity index (χ4n) is 4.23. The molecular weight excluding hydrogens is 390 g/mol. The van der Waals surface area contributed by atoms with Crippen LogP contribution in [0.3, 0.4) is 0 Å². The smallest absolute Gasteiger partial charge is 0.243 e. The number of sulfonamides is 1. The second-order valence-corrected chi connectivity index (χ2v) is 10.2. The summed E-state index contributed by atoms with van der Waals surface area (Å²) in [5.41, 5.74) is 1.66. The van der Waals surface area contributed by atoms with Gasteiger partial charge in [0.05, 0.1) is 10.8 Å². The fraction of sp³-hybridized carbons (Fsp3) is 0.619. The third-order valence-corrected chi connectivity index (χ3v) is 7.86. The zero-order valence-corrected chi connectivity index (χ0v) is 18.5. The Morgan fingerprint density at radius 2 is 2.03 bits per heavy atom. The number of hydrogen-bond donors (Lipinski definition) is 1. The van der Waals surface area contributed by atoms with Crippen molar-refractivity contribution in [2.24, 2.45) is 5.92 Å². The molecule has 1 N–H and O–H groups in total. The summed E-state index contributed by atoms with van der Waals surface area (Å²) < 4.78 is 27.9. The molecule has 2 amide bonds. The molecule has 0 aromatic heterocycles. The molecule has 0 bridgehead atoms. The van der Waals surface area contributed by atoms with E-state index in [0.717, 1.165) is 17.7 Å². The lowest BCUT2D eigenvalue weighted by atomic mass is 9.98. The molecule has 3 atom stereocenters. The van der Waals surface area contributed by atoms with E-state index in [0.29, 0.717) is 25.8 Å². The SMILES string of the molecule is CC[C@H](C)NC(=O)[C@H]1CCCN(S(=O)(=O)c2ccc3c(c2)C[C@@H](C)N3C(C)=O)C1. The minimum absolute atomic E-state index is 0.0177. The summed E-state index contributed by atoms with van der Waals surface area (Å²) in [6.07, 6.45) is 2.84. The molecule has 0 spiro atoms. The van der Waals surface area contributed by atoms with Gasteiger partial charge >= 0.3 is 0 Å². The third kappa shape index (κ3) is 4.33. The van der Waals surface area contributed by atoms with Crippen molar-refractivity contribution in [1.29, 1.82) is 0 Å². The van der Waals surface area contributed by atoms with Gasteiger partial charge in [-0.3, -0.25) is 9.59 Å². The van der Waals surface area contributed by atoms with Crippen LogP contribution in [0, 0.1) is 5.92 Å². The number of carbonyl (C=O) groups excluding carboxylic acids is 2. The van der Waals surface area contributed by atoms with Gasteiger partial charge in [0.15, 0.2) is 0 Å². The van der Waals surface area contributed by atoms with E-state index in [9.17, 15) is 18.0 Å². The van der Waals surface area contributed by atoms with Crippen LogP contribution in [-0.2, 0) is 26.0 Å². The summed E-state index contributed by atoms with van der Waals surface area (Å²) in [7, 11) is -3.69. The van der Waals surface area contributed by atoms with Crippen molar-refractivity contribution >= 4 is 27.5 Å². The highest BCUT2D eigenvalue weighted by molar-refractivity contribution is 7.89. The fourth-order valence-corrected chi connectivity index (χ4v) is 5.81. The summed E-state index contributed by atoms with van der Waals surface area (Å²) in [6, 6.07) is 5.09. The van der Waals surface area contributed by atoms with E-state index in [-0.39, 0.29) is 41.3 Å². The van der Waals surface area contributed by atoms with Crippen molar-refractivity contribution in [3.8, 4) is 0 Å². The number of nitrogens with zero attached hydrogens (tertiary/aromatic N) is 2.